The highest BCUT2D eigenvalue weighted by atomic mass is 79.9. The predicted octanol–water partition coefficient (Wildman–Crippen LogP) is 3.76. The monoisotopic (exact) mass is 340 g/mol. The lowest BCUT2D eigenvalue weighted by atomic mass is 10.0. The van der Waals surface area contributed by atoms with Crippen molar-refractivity contribution in [2.24, 2.45) is 5.73 Å². The molecule has 0 aliphatic carbocycles. The summed E-state index contributed by atoms with van der Waals surface area (Å²) in [7, 11) is 0. The van der Waals surface area contributed by atoms with Crippen molar-refractivity contribution in [3.8, 4) is 5.75 Å². The lowest BCUT2D eigenvalue weighted by molar-refractivity contribution is 0.303. The van der Waals surface area contributed by atoms with Crippen LogP contribution in [0.2, 0.25) is 0 Å². The molecule has 19 heavy (non-hydrogen) atoms. The maximum Gasteiger partial charge on any atom is 0.140 e. The number of hydrogen-bond acceptors (Lipinski definition) is 4. The van der Waals surface area contributed by atoms with Crippen LogP contribution in [0.25, 0.3) is 0 Å². The Kier molecular flexibility index (Phi) is 5.36. The van der Waals surface area contributed by atoms with E-state index in [0.29, 0.717) is 6.61 Å². The van der Waals surface area contributed by atoms with Crippen LogP contribution < -0.4 is 10.5 Å². The van der Waals surface area contributed by atoms with Gasteiger partial charge in [0.1, 0.15) is 17.4 Å². The van der Waals surface area contributed by atoms with Crippen molar-refractivity contribution >= 4 is 27.3 Å². The number of benzene rings is 1. The summed E-state index contributed by atoms with van der Waals surface area (Å²) in [6, 6.07) is 6.34. The lowest BCUT2D eigenvalue weighted by Crippen LogP contribution is -2.21. The standard InChI is InChI=1S/C14H17BrN2OS/c1-2-11(16)7-10-3-4-13(12(15)8-10)18-9-14-17-5-6-19-14/h3-6,8,11H,2,7,9,16H2,1H3. The Labute approximate surface area is 125 Å². The first-order valence-electron chi connectivity index (χ1n) is 6.24. The first-order chi connectivity index (χ1) is 9.19. The van der Waals surface area contributed by atoms with Gasteiger partial charge in [0.15, 0.2) is 0 Å². The Bertz CT molecular complexity index is 516. The minimum atomic E-state index is 0.217. The molecular weight excluding hydrogens is 324 g/mol. The Morgan fingerprint density at radius 3 is 2.95 bits per heavy atom. The van der Waals surface area contributed by atoms with Crippen molar-refractivity contribution in [3.63, 3.8) is 0 Å². The molecule has 1 heterocycles. The zero-order valence-electron chi connectivity index (χ0n) is 10.8. The molecule has 0 saturated heterocycles. The average molecular weight is 341 g/mol. The molecule has 102 valence electrons. The summed E-state index contributed by atoms with van der Waals surface area (Å²) in [6.07, 6.45) is 3.66. The smallest absolute Gasteiger partial charge is 0.140 e. The minimum absolute atomic E-state index is 0.217. The van der Waals surface area contributed by atoms with Gasteiger partial charge in [0.05, 0.1) is 4.47 Å². The second kappa shape index (κ2) is 7.03. The van der Waals surface area contributed by atoms with Gasteiger partial charge in [-0.15, -0.1) is 11.3 Å². The number of hydrogen-bond donors (Lipinski definition) is 1. The molecule has 2 rings (SSSR count). The quantitative estimate of drug-likeness (QED) is 0.870. The van der Waals surface area contributed by atoms with Crippen molar-refractivity contribution in [1.29, 1.82) is 0 Å². The molecule has 0 saturated carbocycles. The van der Waals surface area contributed by atoms with E-state index in [1.807, 2.05) is 11.4 Å². The van der Waals surface area contributed by atoms with E-state index in [4.69, 9.17) is 10.5 Å². The highest BCUT2D eigenvalue weighted by Crippen LogP contribution is 2.27. The second-order valence-electron chi connectivity index (χ2n) is 4.35. The largest absolute Gasteiger partial charge is 0.485 e. The van der Waals surface area contributed by atoms with Crippen molar-refractivity contribution in [2.45, 2.75) is 32.4 Å². The number of ether oxygens (including phenoxy) is 1. The van der Waals surface area contributed by atoms with Crippen LogP contribution in [0.3, 0.4) is 0 Å². The molecule has 0 aliphatic rings. The number of nitrogens with two attached hydrogens (primary N) is 1. The van der Waals surface area contributed by atoms with Gasteiger partial charge in [-0.25, -0.2) is 4.98 Å². The van der Waals surface area contributed by atoms with E-state index in [1.54, 1.807) is 17.5 Å². The van der Waals surface area contributed by atoms with Crippen LogP contribution in [0.1, 0.15) is 23.9 Å². The first kappa shape index (κ1) is 14.5. The lowest BCUT2D eigenvalue weighted by Gasteiger charge is -2.11. The van der Waals surface area contributed by atoms with E-state index < -0.39 is 0 Å². The van der Waals surface area contributed by atoms with E-state index in [-0.39, 0.29) is 6.04 Å². The number of rotatable bonds is 6. The molecule has 0 bridgehead atoms. The molecule has 0 aliphatic heterocycles. The number of nitrogens with zero attached hydrogens (tertiary/aromatic N) is 1. The maximum absolute atomic E-state index is 5.96. The summed E-state index contributed by atoms with van der Waals surface area (Å²) < 4.78 is 6.70. The number of aromatic nitrogens is 1. The summed E-state index contributed by atoms with van der Waals surface area (Å²) in [5.74, 6) is 0.837. The van der Waals surface area contributed by atoms with Crippen LogP contribution in [0.15, 0.2) is 34.2 Å². The molecule has 2 aromatic rings. The Morgan fingerprint density at radius 2 is 2.32 bits per heavy atom. The fourth-order valence-electron chi connectivity index (χ4n) is 1.70. The molecule has 0 amide bonds. The second-order valence-corrected chi connectivity index (χ2v) is 6.19. The van der Waals surface area contributed by atoms with Gasteiger partial charge >= 0.3 is 0 Å². The maximum atomic E-state index is 5.96. The Balaban J connectivity index is 1.98. The van der Waals surface area contributed by atoms with E-state index in [1.165, 1.54) is 5.56 Å². The van der Waals surface area contributed by atoms with Gasteiger partial charge in [-0.05, 0) is 46.5 Å². The molecule has 2 N–H and O–H groups in total. The normalized spacial score (nSPS) is 12.4. The Hall–Kier alpha value is -0.910. The SMILES string of the molecule is CCC(N)Cc1ccc(OCc2nccs2)c(Br)c1. The summed E-state index contributed by atoms with van der Waals surface area (Å²) in [4.78, 5) is 4.19. The molecule has 1 unspecified atom stereocenters. The highest BCUT2D eigenvalue weighted by Gasteiger charge is 2.06. The van der Waals surface area contributed by atoms with E-state index in [9.17, 15) is 0 Å². The van der Waals surface area contributed by atoms with Gasteiger partial charge in [0, 0.05) is 17.6 Å². The van der Waals surface area contributed by atoms with E-state index >= 15 is 0 Å². The van der Waals surface area contributed by atoms with Crippen LogP contribution in [0.4, 0.5) is 0 Å². The minimum Gasteiger partial charge on any atom is -0.485 e. The van der Waals surface area contributed by atoms with Gasteiger partial charge in [0.2, 0.25) is 0 Å². The third-order valence-electron chi connectivity index (χ3n) is 2.85. The fourth-order valence-corrected chi connectivity index (χ4v) is 2.77. The van der Waals surface area contributed by atoms with Gasteiger partial charge in [-0.1, -0.05) is 13.0 Å². The zero-order valence-corrected chi connectivity index (χ0v) is 13.2. The number of halogens is 1. The summed E-state index contributed by atoms with van der Waals surface area (Å²) in [6.45, 7) is 2.61. The van der Waals surface area contributed by atoms with Gasteiger partial charge in [-0.2, -0.15) is 0 Å². The third kappa shape index (κ3) is 4.30. The third-order valence-corrected chi connectivity index (χ3v) is 4.23. The molecule has 0 radical (unpaired) electrons. The van der Waals surface area contributed by atoms with Crippen molar-refractivity contribution < 1.29 is 4.74 Å². The highest BCUT2D eigenvalue weighted by molar-refractivity contribution is 9.10. The topological polar surface area (TPSA) is 48.1 Å². The molecule has 1 aromatic carbocycles. The van der Waals surface area contributed by atoms with Crippen LogP contribution in [-0.2, 0) is 13.0 Å². The molecular formula is C14H17BrN2OS. The molecule has 1 aromatic heterocycles. The van der Waals surface area contributed by atoms with E-state index in [0.717, 1.165) is 28.1 Å². The van der Waals surface area contributed by atoms with Crippen molar-refractivity contribution in [3.05, 3.63) is 44.8 Å². The van der Waals surface area contributed by atoms with E-state index in [2.05, 4.69) is 40.0 Å². The fraction of sp³-hybridized carbons (Fsp3) is 0.357. The van der Waals surface area contributed by atoms with Crippen molar-refractivity contribution in [2.75, 3.05) is 0 Å². The van der Waals surface area contributed by atoms with Gasteiger partial charge in [0.25, 0.3) is 0 Å². The summed E-state index contributed by atoms with van der Waals surface area (Å²) >= 11 is 5.14. The summed E-state index contributed by atoms with van der Waals surface area (Å²) in [5.41, 5.74) is 7.19. The first-order valence-corrected chi connectivity index (χ1v) is 7.91. The van der Waals surface area contributed by atoms with Crippen LogP contribution in [0.5, 0.6) is 5.75 Å². The molecule has 0 fully saturated rings. The molecule has 0 spiro atoms. The number of thiazole rings is 1. The average Bonchev–Trinajstić information content (AvgIpc) is 2.91. The zero-order chi connectivity index (χ0) is 13.7. The van der Waals surface area contributed by atoms with Gasteiger partial charge < -0.3 is 10.5 Å². The van der Waals surface area contributed by atoms with Crippen LogP contribution in [-0.4, -0.2) is 11.0 Å². The molecule has 3 nitrogen and oxygen atoms in total. The summed E-state index contributed by atoms with van der Waals surface area (Å²) in [5, 5.41) is 2.92. The van der Waals surface area contributed by atoms with Crippen molar-refractivity contribution in [1.82, 2.24) is 4.98 Å². The van der Waals surface area contributed by atoms with Gasteiger partial charge in [-0.3, -0.25) is 0 Å². The Morgan fingerprint density at radius 1 is 1.47 bits per heavy atom. The van der Waals surface area contributed by atoms with Crippen LogP contribution in [0, 0.1) is 0 Å². The van der Waals surface area contributed by atoms with Crippen LogP contribution >= 0.6 is 27.3 Å². The molecule has 5 heteroatoms. The predicted molar refractivity (Wildman–Crippen MR) is 82.6 cm³/mol. The molecule has 1 atom stereocenters.